The van der Waals surface area contributed by atoms with E-state index in [2.05, 4.69) is 24.1 Å². The zero-order chi connectivity index (χ0) is 17.7. The molecule has 1 aromatic heterocycles. The van der Waals surface area contributed by atoms with Crippen LogP contribution in [0.1, 0.15) is 33.4 Å². The number of aromatic nitrogens is 1. The van der Waals surface area contributed by atoms with Gasteiger partial charge in [-0.05, 0) is 44.0 Å². The molecule has 130 valence electrons. The fourth-order valence-electron chi connectivity index (χ4n) is 2.23. The molecule has 2 aromatic rings. The highest BCUT2D eigenvalue weighted by molar-refractivity contribution is 5.62. The van der Waals surface area contributed by atoms with E-state index >= 15 is 0 Å². The van der Waals surface area contributed by atoms with Gasteiger partial charge in [-0.2, -0.15) is 0 Å². The second-order valence-corrected chi connectivity index (χ2v) is 6.09. The van der Waals surface area contributed by atoms with Crippen LogP contribution in [-0.2, 0) is 6.54 Å². The molecule has 1 atom stereocenters. The number of hydrogen-bond acceptors (Lipinski definition) is 3. The summed E-state index contributed by atoms with van der Waals surface area (Å²) in [6, 6.07) is 7.93. The molecular formula is C19H24F2N2O. The fourth-order valence-corrected chi connectivity index (χ4v) is 2.23. The van der Waals surface area contributed by atoms with Gasteiger partial charge in [0.25, 0.3) is 0 Å². The average molecular weight is 334 g/mol. The van der Waals surface area contributed by atoms with E-state index < -0.39 is 11.6 Å². The Labute approximate surface area is 142 Å². The maximum atomic E-state index is 14.5. The minimum absolute atomic E-state index is 0.175. The predicted molar refractivity (Wildman–Crippen MR) is 91.9 cm³/mol. The summed E-state index contributed by atoms with van der Waals surface area (Å²) < 4.78 is 33.8. The maximum Gasteiger partial charge on any atom is 0.174 e. The Bertz CT molecular complexity index is 689. The molecular weight excluding hydrogens is 310 g/mol. The lowest BCUT2D eigenvalue weighted by Crippen LogP contribution is -2.30. The summed E-state index contributed by atoms with van der Waals surface area (Å²) in [4.78, 5) is 4.30. The van der Waals surface area contributed by atoms with Crippen LogP contribution in [0.2, 0.25) is 0 Å². The van der Waals surface area contributed by atoms with Gasteiger partial charge in [0, 0.05) is 18.2 Å². The number of nitrogens with one attached hydrogen (secondary N) is 1. The van der Waals surface area contributed by atoms with E-state index in [9.17, 15) is 8.78 Å². The number of pyridine rings is 1. The molecule has 0 bridgehead atoms. The van der Waals surface area contributed by atoms with Crippen LogP contribution in [0.5, 0.6) is 5.75 Å². The molecule has 1 heterocycles. The van der Waals surface area contributed by atoms with Gasteiger partial charge in [-0.15, -0.1) is 0 Å². The number of rotatable bonds is 7. The van der Waals surface area contributed by atoms with E-state index in [4.69, 9.17) is 4.74 Å². The number of benzene rings is 1. The first kappa shape index (κ1) is 18.3. The smallest absolute Gasteiger partial charge is 0.174 e. The van der Waals surface area contributed by atoms with Crippen LogP contribution in [0.25, 0.3) is 11.3 Å². The molecule has 1 N–H and O–H groups in total. The van der Waals surface area contributed by atoms with E-state index in [1.807, 2.05) is 6.92 Å². The van der Waals surface area contributed by atoms with Crippen molar-refractivity contribution in [3.05, 3.63) is 47.7 Å². The molecule has 2 rings (SSSR count). The highest BCUT2D eigenvalue weighted by Gasteiger charge is 2.15. The molecule has 0 saturated carbocycles. The lowest BCUT2D eigenvalue weighted by atomic mass is 10.1. The van der Waals surface area contributed by atoms with Crippen LogP contribution >= 0.6 is 0 Å². The SMILES string of the molecule is CCOc1cccc(-c2ccc(F)c(CN[C@H](C)C(C)C)n2)c1F. The summed E-state index contributed by atoms with van der Waals surface area (Å²) >= 11 is 0. The van der Waals surface area contributed by atoms with Gasteiger partial charge < -0.3 is 10.1 Å². The van der Waals surface area contributed by atoms with Crippen molar-refractivity contribution >= 4 is 0 Å². The van der Waals surface area contributed by atoms with Gasteiger partial charge in [0.05, 0.1) is 18.0 Å². The van der Waals surface area contributed by atoms with Crippen molar-refractivity contribution in [2.45, 2.75) is 40.3 Å². The largest absolute Gasteiger partial charge is 0.491 e. The Morgan fingerprint density at radius 1 is 1.12 bits per heavy atom. The van der Waals surface area contributed by atoms with Crippen molar-refractivity contribution in [1.29, 1.82) is 0 Å². The minimum Gasteiger partial charge on any atom is -0.491 e. The van der Waals surface area contributed by atoms with E-state index in [1.165, 1.54) is 12.1 Å². The Balaban J connectivity index is 2.29. The van der Waals surface area contributed by atoms with Crippen LogP contribution in [0, 0.1) is 17.6 Å². The van der Waals surface area contributed by atoms with Crippen molar-refractivity contribution in [3.8, 4) is 17.0 Å². The molecule has 5 heteroatoms. The van der Waals surface area contributed by atoms with Gasteiger partial charge in [0.2, 0.25) is 0 Å². The van der Waals surface area contributed by atoms with Crippen LogP contribution in [0.4, 0.5) is 8.78 Å². The summed E-state index contributed by atoms with van der Waals surface area (Å²) in [5, 5.41) is 3.24. The lowest BCUT2D eigenvalue weighted by molar-refractivity contribution is 0.322. The van der Waals surface area contributed by atoms with E-state index in [1.54, 1.807) is 25.1 Å². The maximum absolute atomic E-state index is 14.5. The van der Waals surface area contributed by atoms with Gasteiger partial charge in [0.1, 0.15) is 5.82 Å². The second kappa shape index (κ2) is 8.20. The normalized spacial score (nSPS) is 12.5. The predicted octanol–water partition coefficient (Wildman–Crippen LogP) is 4.56. The molecule has 0 aliphatic carbocycles. The Kier molecular flexibility index (Phi) is 6.26. The summed E-state index contributed by atoms with van der Waals surface area (Å²) in [7, 11) is 0. The van der Waals surface area contributed by atoms with Crippen LogP contribution in [0.15, 0.2) is 30.3 Å². The van der Waals surface area contributed by atoms with Crippen LogP contribution < -0.4 is 10.1 Å². The minimum atomic E-state index is -0.479. The van der Waals surface area contributed by atoms with Crippen LogP contribution in [-0.4, -0.2) is 17.6 Å². The average Bonchev–Trinajstić information content (AvgIpc) is 2.56. The number of ether oxygens (including phenoxy) is 1. The monoisotopic (exact) mass is 334 g/mol. The quantitative estimate of drug-likeness (QED) is 0.806. The molecule has 0 unspecified atom stereocenters. The van der Waals surface area contributed by atoms with Crippen molar-refractivity contribution in [3.63, 3.8) is 0 Å². The number of halogens is 2. The molecule has 0 fully saturated rings. The van der Waals surface area contributed by atoms with E-state index in [0.717, 1.165) is 0 Å². The summed E-state index contributed by atoms with van der Waals surface area (Å²) in [6.45, 7) is 8.68. The number of nitrogens with zero attached hydrogens (tertiary/aromatic N) is 1. The highest BCUT2D eigenvalue weighted by Crippen LogP contribution is 2.28. The van der Waals surface area contributed by atoms with Crippen molar-refractivity contribution in [2.75, 3.05) is 6.61 Å². The third-order valence-corrected chi connectivity index (χ3v) is 4.05. The van der Waals surface area contributed by atoms with Gasteiger partial charge in [-0.3, -0.25) is 0 Å². The molecule has 3 nitrogen and oxygen atoms in total. The molecule has 0 saturated heterocycles. The fraction of sp³-hybridized carbons (Fsp3) is 0.421. The van der Waals surface area contributed by atoms with Crippen molar-refractivity contribution in [2.24, 2.45) is 5.92 Å². The molecule has 0 amide bonds. The molecule has 0 aliphatic heterocycles. The first-order valence-electron chi connectivity index (χ1n) is 8.24. The summed E-state index contributed by atoms with van der Waals surface area (Å²) in [5.74, 6) is -0.276. The Morgan fingerprint density at radius 2 is 1.88 bits per heavy atom. The molecule has 0 radical (unpaired) electrons. The molecule has 0 spiro atoms. The summed E-state index contributed by atoms with van der Waals surface area (Å²) in [6.07, 6.45) is 0. The van der Waals surface area contributed by atoms with Gasteiger partial charge in [-0.1, -0.05) is 19.9 Å². The molecule has 1 aromatic carbocycles. The number of hydrogen-bond donors (Lipinski definition) is 1. The van der Waals surface area contributed by atoms with Gasteiger partial charge in [0.15, 0.2) is 11.6 Å². The molecule has 24 heavy (non-hydrogen) atoms. The van der Waals surface area contributed by atoms with Crippen molar-refractivity contribution < 1.29 is 13.5 Å². The third kappa shape index (κ3) is 4.29. The van der Waals surface area contributed by atoms with Crippen LogP contribution in [0.3, 0.4) is 0 Å². The zero-order valence-electron chi connectivity index (χ0n) is 14.6. The van der Waals surface area contributed by atoms with Gasteiger partial charge >= 0.3 is 0 Å². The lowest BCUT2D eigenvalue weighted by Gasteiger charge is -2.17. The summed E-state index contributed by atoms with van der Waals surface area (Å²) in [5.41, 5.74) is 0.977. The third-order valence-electron chi connectivity index (χ3n) is 4.05. The van der Waals surface area contributed by atoms with E-state index in [-0.39, 0.29) is 17.5 Å². The zero-order valence-corrected chi connectivity index (χ0v) is 14.6. The first-order valence-corrected chi connectivity index (χ1v) is 8.24. The van der Waals surface area contributed by atoms with Crippen molar-refractivity contribution in [1.82, 2.24) is 10.3 Å². The topological polar surface area (TPSA) is 34.1 Å². The first-order chi connectivity index (χ1) is 11.4. The molecule has 0 aliphatic rings. The standard InChI is InChI=1S/C19H24F2N2O/c1-5-24-18-8-6-7-14(19(18)21)16-10-9-15(20)17(23-16)11-22-13(4)12(2)3/h6-10,12-13,22H,5,11H2,1-4H3/t13-/m1/s1. The highest BCUT2D eigenvalue weighted by atomic mass is 19.1. The second-order valence-electron chi connectivity index (χ2n) is 6.09. The Morgan fingerprint density at radius 3 is 2.54 bits per heavy atom. The van der Waals surface area contributed by atoms with Gasteiger partial charge in [-0.25, -0.2) is 13.8 Å². The Hall–Kier alpha value is -2.01. The van der Waals surface area contributed by atoms with E-state index in [0.29, 0.717) is 30.3 Å².